The maximum atomic E-state index is 13.7. The van der Waals surface area contributed by atoms with Crippen molar-refractivity contribution in [3.05, 3.63) is 65.5 Å². The van der Waals surface area contributed by atoms with Gasteiger partial charge >= 0.3 is 0 Å². The molecule has 0 saturated carbocycles. The molecule has 6 heteroatoms. The summed E-state index contributed by atoms with van der Waals surface area (Å²) in [6.45, 7) is 1.79. The molecule has 5 nitrogen and oxygen atoms in total. The maximum Gasteiger partial charge on any atom is 0.248 e. The van der Waals surface area contributed by atoms with Gasteiger partial charge in [-0.05, 0) is 49.6 Å². The Hall–Kier alpha value is -3.15. The fourth-order valence-electron chi connectivity index (χ4n) is 3.15. The van der Waals surface area contributed by atoms with Crippen LogP contribution in [0.15, 0.2) is 48.5 Å². The third kappa shape index (κ3) is 4.73. The molecule has 1 fully saturated rings. The van der Waals surface area contributed by atoms with Gasteiger partial charge in [-0.25, -0.2) is 4.39 Å². The second-order valence-electron chi connectivity index (χ2n) is 6.49. The van der Waals surface area contributed by atoms with Crippen LogP contribution in [-0.2, 0) is 4.79 Å². The summed E-state index contributed by atoms with van der Waals surface area (Å²) in [5.41, 5.74) is 7.40. The van der Waals surface area contributed by atoms with Gasteiger partial charge in [-0.1, -0.05) is 18.2 Å². The van der Waals surface area contributed by atoms with Crippen molar-refractivity contribution in [2.24, 2.45) is 5.73 Å². The molecule has 3 rings (SSSR count). The fourth-order valence-corrected chi connectivity index (χ4v) is 3.15. The number of hydrogen-bond acceptors (Lipinski definition) is 3. The summed E-state index contributed by atoms with van der Waals surface area (Å²) in [6, 6.07) is 11.3. The summed E-state index contributed by atoms with van der Waals surface area (Å²) in [7, 11) is 0. The molecule has 3 N–H and O–H groups in total. The van der Waals surface area contributed by atoms with E-state index in [4.69, 9.17) is 5.73 Å². The largest absolute Gasteiger partial charge is 0.370 e. The van der Waals surface area contributed by atoms with Gasteiger partial charge in [0.25, 0.3) is 0 Å². The quantitative estimate of drug-likeness (QED) is 0.794. The van der Waals surface area contributed by atoms with Crippen LogP contribution in [0.25, 0.3) is 6.08 Å². The van der Waals surface area contributed by atoms with Gasteiger partial charge in [0.2, 0.25) is 11.8 Å². The minimum atomic E-state index is -0.558. The summed E-state index contributed by atoms with van der Waals surface area (Å²) < 4.78 is 13.7. The van der Waals surface area contributed by atoms with Crippen LogP contribution < -0.4 is 16.0 Å². The number of nitrogens with zero attached hydrogens (tertiary/aromatic N) is 1. The Labute approximate surface area is 157 Å². The zero-order valence-electron chi connectivity index (χ0n) is 15.0. The van der Waals surface area contributed by atoms with Crippen molar-refractivity contribution in [1.29, 1.82) is 0 Å². The van der Waals surface area contributed by atoms with Crippen molar-refractivity contribution in [2.45, 2.75) is 19.3 Å². The normalized spacial score (nSPS) is 14.3. The molecule has 0 bridgehead atoms. The lowest BCUT2D eigenvalue weighted by atomic mass is 10.1. The van der Waals surface area contributed by atoms with Crippen molar-refractivity contribution in [3.63, 3.8) is 0 Å². The Morgan fingerprint density at radius 1 is 1.07 bits per heavy atom. The molecular formula is C21H22FN3O2. The predicted molar refractivity (Wildman–Crippen MR) is 105 cm³/mol. The molecular weight excluding hydrogens is 345 g/mol. The van der Waals surface area contributed by atoms with Gasteiger partial charge in [0, 0.05) is 30.3 Å². The van der Waals surface area contributed by atoms with Crippen LogP contribution >= 0.6 is 0 Å². The van der Waals surface area contributed by atoms with Gasteiger partial charge in [0.05, 0.1) is 11.4 Å². The van der Waals surface area contributed by atoms with E-state index in [0.717, 1.165) is 31.6 Å². The number of nitrogens with one attached hydrogen (secondary N) is 1. The molecule has 0 aromatic heterocycles. The molecule has 1 aliphatic heterocycles. The van der Waals surface area contributed by atoms with Crippen molar-refractivity contribution < 1.29 is 14.0 Å². The summed E-state index contributed by atoms with van der Waals surface area (Å²) in [6.07, 6.45) is 6.04. The number of amides is 2. The number of anilines is 2. The van der Waals surface area contributed by atoms with Crippen LogP contribution in [0, 0.1) is 5.82 Å². The monoisotopic (exact) mass is 367 g/mol. The average molecular weight is 367 g/mol. The smallest absolute Gasteiger partial charge is 0.248 e. The Morgan fingerprint density at radius 2 is 1.81 bits per heavy atom. The van der Waals surface area contributed by atoms with Crippen LogP contribution in [0.1, 0.15) is 35.2 Å². The Morgan fingerprint density at radius 3 is 2.52 bits per heavy atom. The number of halogens is 1. The first-order chi connectivity index (χ1) is 13.0. The van der Waals surface area contributed by atoms with E-state index >= 15 is 0 Å². The predicted octanol–water partition coefficient (Wildman–Crippen LogP) is 3.57. The highest BCUT2D eigenvalue weighted by Gasteiger charge is 2.17. The molecule has 0 unspecified atom stereocenters. The van der Waals surface area contributed by atoms with E-state index in [9.17, 15) is 14.0 Å². The van der Waals surface area contributed by atoms with Gasteiger partial charge in [-0.15, -0.1) is 0 Å². The number of nitrogens with two attached hydrogens (primary N) is 1. The molecule has 0 spiro atoms. The third-order valence-corrected chi connectivity index (χ3v) is 4.56. The highest BCUT2D eigenvalue weighted by molar-refractivity contribution is 6.05. The highest BCUT2D eigenvalue weighted by atomic mass is 19.1. The standard InChI is InChI=1S/C21H22FN3O2/c22-17-7-3-2-6-15(17)9-11-20(26)24-18-14-16(21(23)27)8-10-19(18)25-12-4-1-5-13-25/h2-3,6-11,14H,1,4-5,12-13H2,(H2,23,27)(H,24,26)/b11-9+. The van der Waals surface area contributed by atoms with E-state index in [1.54, 1.807) is 30.3 Å². The molecule has 27 heavy (non-hydrogen) atoms. The number of rotatable bonds is 5. The molecule has 1 saturated heterocycles. The molecule has 0 atom stereocenters. The molecule has 1 heterocycles. The number of benzene rings is 2. The van der Waals surface area contributed by atoms with Gasteiger partial charge in [0.1, 0.15) is 5.82 Å². The van der Waals surface area contributed by atoms with E-state index in [1.807, 2.05) is 6.07 Å². The lowest BCUT2D eigenvalue weighted by Crippen LogP contribution is -2.30. The first kappa shape index (κ1) is 18.6. The number of carbonyl (C=O) groups excluding carboxylic acids is 2. The van der Waals surface area contributed by atoms with Crippen molar-refractivity contribution in [3.8, 4) is 0 Å². The van der Waals surface area contributed by atoms with Gasteiger partial charge in [-0.3, -0.25) is 9.59 Å². The second kappa shape index (κ2) is 8.49. The van der Waals surface area contributed by atoms with E-state index in [1.165, 1.54) is 24.6 Å². The van der Waals surface area contributed by atoms with Gasteiger partial charge < -0.3 is 16.0 Å². The van der Waals surface area contributed by atoms with Crippen LogP contribution in [0.5, 0.6) is 0 Å². The summed E-state index contributed by atoms with van der Waals surface area (Å²) in [5, 5.41) is 2.80. The summed E-state index contributed by atoms with van der Waals surface area (Å²) >= 11 is 0. The number of primary amides is 1. The van der Waals surface area contributed by atoms with Gasteiger partial charge in [0.15, 0.2) is 0 Å². The maximum absolute atomic E-state index is 13.7. The average Bonchev–Trinajstić information content (AvgIpc) is 2.68. The third-order valence-electron chi connectivity index (χ3n) is 4.56. The van der Waals surface area contributed by atoms with Crippen molar-refractivity contribution in [2.75, 3.05) is 23.3 Å². The van der Waals surface area contributed by atoms with E-state index in [0.29, 0.717) is 16.8 Å². The van der Waals surface area contributed by atoms with Crippen molar-refractivity contribution in [1.82, 2.24) is 0 Å². The van der Waals surface area contributed by atoms with E-state index in [2.05, 4.69) is 10.2 Å². The zero-order valence-corrected chi connectivity index (χ0v) is 15.0. The molecule has 140 valence electrons. The molecule has 0 aliphatic carbocycles. The highest BCUT2D eigenvalue weighted by Crippen LogP contribution is 2.29. The van der Waals surface area contributed by atoms with Crippen LogP contribution in [0.3, 0.4) is 0 Å². The Kier molecular flexibility index (Phi) is 5.86. The Bertz CT molecular complexity index is 873. The first-order valence-corrected chi connectivity index (χ1v) is 8.97. The number of carbonyl (C=O) groups is 2. The van der Waals surface area contributed by atoms with Crippen molar-refractivity contribution >= 4 is 29.3 Å². The van der Waals surface area contributed by atoms with E-state index in [-0.39, 0.29) is 0 Å². The lowest BCUT2D eigenvalue weighted by molar-refractivity contribution is -0.111. The zero-order chi connectivity index (χ0) is 19.2. The lowest BCUT2D eigenvalue weighted by Gasteiger charge is -2.30. The minimum Gasteiger partial charge on any atom is -0.370 e. The first-order valence-electron chi connectivity index (χ1n) is 8.97. The van der Waals surface area contributed by atoms with E-state index < -0.39 is 17.6 Å². The van der Waals surface area contributed by atoms with Crippen LogP contribution in [0.4, 0.5) is 15.8 Å². The summed E-state index contributed by atoms with van der Waals surface area (Å²) in [4.78, 5) is 26.1. The number of hydrogen-bond donors (Lipinski definition) is 2. The summed E-state index contributed by atoms with van der Waals surface area (Å²) in [5.74, 6) is -1.36. The fraction of sp³-hybridized carbons (Fsp3) is 0.238. The molecule has 2 aromatic rings. The molecule has 1 aliphatic rings. The van der Waals surface area contributed by atoms with Crippen LogP contribution in [-0.4, -0.2) is 24.9 Å². The van der Waals surface area contributed by atoms with Gasteiger partial charge in [-0.2, -0.15) is 0 Å². The number of piperidine rings is 1. The topological polar surface area (TPSA) is 75.4 Å². The minimum absolute atomic E-state index is 0.323. The van der Waals surface area contributed by atoms with Crippen LogP contribution in [0.2, 0.25) is 0 Å². The Balaban J connectivity index is 1.82. The SMILES string of the molecule is NC(=O)c1ccc(N2CCCCC2)c(NC(=O)/C=C/c2ccccc2F)c1. The molecule has 0 radical (unpaired) electrons. The molecule has 2 amide bonds. The molecule has 2 aromatic carbocycles. The second-order valence-corrected chi connectivity index (χ2v) is 6.49.